The molecule has 0 heterocycles. The van der Waals surface area contributed by atoms with Gasteiger partial charge in [0.15, 0.2) is 0 Å². The second-order valence-corrected chi connectivity index (χ2v) is 5.52. The molecule has 3 heteroatoms. The first kappa shape index (κ1) is 16.7. The van der Waals surface area contributed by atoms with Crippen molar-refractivity contribution in [3.05, 3.63) is 35.4 Å². The minimum Gasteiger partial charge on any atom is -0.353 e. The van der Waals surface area contributed by atoms with E-state index < -0.39 is 0 Å². The lowest BCUT2D eigenvalue weighted by Crippen LogP contribution is -2.33. The summed E-state index contributed by atoms with van der Waals surface area (Å²) < 4.78 is 0. The van der Waals surface area contributed by atoms with Gasteiger partial charge in [0.25, 0.3) is 0 Å². The molecule has 0 aromatic heterocycles. The van der Waals surface area contributed by atoms with E-state index in [2.05, 4.69) is 19.2 Å². The van der Waals surface area contributed by atoms with Gasteiger partial charge in [-0.05, 0) is 24.5 Å². The zero-order chi connectivity index (χ0) is 14.8. The van der Waals surface area contributed by atoms with Crippen LogP contribution in [0.2, 0.25) is 0 Å². The summed E-state index contributed by atoms with van der Waals surface area (Å²) in [6.45, 7) is 4.84. The lowest BCUT2D eigenvalue weighted by Gasteiger charge is -2.13. The molecule has 0 bridgehead atoms. The molecule has 20 heavy (non-hydrogen) atoms. The largest absolute Gasteiger partial charge is 0.353 e. The molecule has 0 saturated heterocycles. The molecule has 0 aliphatic heterocycles. The average Bonchev–Trinajstić information content (AvgIpc) is 2.44. The number of amides is 1. The van der Waals surface area contributed by atoms with E-state index in [0.29, 0.717) is 13.0 Å². The number of rotatable bonds is 9. The van der Waals surface area contributed by atoms with Crippen LogP contribution in [0.4, 0.5) is 0 Å². The molecule has 1 rings (SSSR count). The number of hydrogen-bond acceptors (Lipinski definition) is 2. The molecule has 0 fully saturated rings. The topological polar surface area (TPSA) is 55.1 Å². The van der Waals surface area contributed by atoms with Crippen LogP contribution < -0.4 is 11.1 Å². The monoisotopic (exact) mass is 276 g/mol. The Morgan fingerprint density at radius 1 is 1.15 bits per heavy atom. The second kappa shape index (κ2) is 9.54. The van der Waals surface area contributed by atoms with Gasteiger partial charge >= 0.3 is 0 Å². The van der Waals surface area contributed by atoms with Crippen LogP contribution >= 0.6 is 0 Å². The molecule has 0 aliphatic rings. The first-order chi connectivity index (χ1) is 9.65. The van der Waals surface area contributed by atoms with Crippen LogP contribution in [0.5, 0.6) is 0 Å². The number of nitrogens with two attached hydrogens (primary N) is 1. The summed E-state index contributed by atoms with van der Waals surface area (Å²) in [6, 6.07) is 8.19. The molecule has 0 radical (unpaired) electrons. The van der Waals surface area contributed by atoms with Crippen molar-refractivity contribution in [3.8, 4) is 0 Å². The zero-order valence-electron chi connectivity index (χ0n) is 12.8. The summed E-state index contributed by atoms with van der Waals surface area (Å²) in [4.78, 5) is 11.9. The molecular weight excluding hydrogens is 248 g/mol. The molecule has 1 amide bonds. The number of nitrogens with one attached hydrogen (secondary N) is 1. The molecule has 0 aliphatic carbocycles. The van der Waals surface area contributed by atoms with Crippen molar-refractivity contribution in [2.45, 2.75) is 65.0 Å². The van der Waals surface area contributed by atoms with Crippen molar-refractivity contribution in [2.75, 3.05) is 0 Å². The lowest BCUT2D eigenvalue weighted by atomic mass is 10.1. The molecule has 3 nitrogen and oxygen atoms in total. The summed E-state index contributed by atoms with van der Waals surface area (Å²) in [5.74, 6) is 0.105. The Morgan fingerprint density at radius 3 is 2.40 bits per heavy atom. The molecule has 112 valence electrons. The third kappa shape index (κ3) is 6.71. The van der Waals surface area contributed by atoms with E-state index in [1.807, 2.05) is 24.3 Å². The minimum atomic E-state index is 0.105. The van der Waals surface area contributed by atoms with Crippen molar-refractivity contribution in [2.24, 2.45) is 5.73 Å². The van der Waals surface area contributed by atoms with Gasteiger partial charge < -0.3 is 11.1 Å². The molecule has 1 aromatic rings. The van der Waals surface area contributed by atoms with Gasteiger partial charge in [-0.15, -0.1) is 0 Å². The Labute approximate surface area is 122 Å². The number of hydrogen-bond donors (Lipinski definition) is 2. The van der Waals surface area contributed by atoms with Gasteiger partial charge in [0.1, 0.15) is 0 Å². The number of carbonyl (C=O) groups excluding carboxylic acids is 1. The molecule has 0 spiro atoms. The zero-order valence-corrected chi connectivity index (χ0v) is 12.8. The van der Waals surface area contributed by atoms with Crippen LogP contribution in [-0.2, 0) is 17.8 Å². The maximum absolute atomic E-state index is 11.9. The molecule has 1 aromatic carbocycles. The van der Waals surface area contributed by atoms with E-state index >= 15 is 0 Å². The van der Waals surface area contributed by atoms with E-state index in [1.165, 1.54) is 25.7 Å². The summed E-state index contributed by atoms with van der Waals surface area (Å²) >= 11 is 0. The highest BCUT2D eigenvalue weighted by atomic mass is 16.1. The van der Waals surface area contributed by atoms with Gasteiger partial charge in [0, 0.05) is 12.6 Å². The fourth-order valence-electron chi connectivity index (χ4n) is 2.25. The van der Waals surface area contributed by atoms with Crippen LogP contribution in [0.25, 0.3) is 0 Å². The first-order valence-electron chi connectivity index (χ1n) is 7.73. The minimum absolute atomic E-state index is 0.105. The second-order valence-electron chi connectivity index (χ2n) is 5.52. The normalized spacial score (nSPS) is 12.2. The standard InChI is InChI=1S/C17H28N2O/c1-3-4-5-6-7-14(2)19-17(20)12-15-8-10-16(13-18)11-9-15/h8-11,14H,3-7,12-13,18H2,1-2H3,(H,19,20). The average molecular weight is 276 g/mol. The Balaban J connectivity index is 2.27. The quantitative estimate of drug-likeness (QED) is 0.681. The van der Waals surface area contributed by atoms with Crippen LogP contribution in [0.3, 0.4) is 0 Å². The van der Waals surface area contributed by atoms with Crippen LogP contribution in [-0.4, -0.2) is 11.9 Å². The predicted octanol–water partition coefficient (Wildman–Crippen LogP) is 3.16. The summed E-state index contributed by atoms with van der Waals surface area (Å²) in [6.07, 6.45) is 6.51. The Morgan fingerprint density at radius 2 is 1.80 bits per heavy atom. The highest BCUT2D eigenvalue weighted by Crippen LogP contribution is 2.07. The fraction of sp³-hybridized carbons (Fsp3) is 0.588. The van der Waals surface area contributed by atoms with Crippen LogP contribution in [0.1, 0.15) is 57.1 Å². The van der Waals surface area contributed by atoms with Crippen molar-refractivity contribution in [3.63, 3.8) is 0 Å². The van der Waals surface area contributed by atoms with Crippen molar-refractivity contribution in [1.82, 2.24) is 5.32 Å². The SMILES string of the molecule is CCCCCCC(C)NC(=O)Cc1ccc(CN)cc1. The van der Waals surface area contributed by atoms with Crippen molar-refractivity contribution in [1.29, 1.82) is 0 Å². The maximum atomic E-state index is 11.9. The number of unbranched alkanes of at least 4 members (excludes halogenated alkanes) is 3. The molecule has 1 atom stereocenters. The Hall–Kier alpha value is -1.35. The third-order valence-corrected chi connectivity index (χ3v) is 3.52. The van der Waals surface area contributed by atoms with Gasteiger partial charge in [0.05, 0.1) is 6.42 Å². The first-order valence-corrected chi connectivity index (χ1v) is 7.73. The molecule has 1 unspecified atom stereocenters. The number of carbonyl (C=O) groups is 1. The number of benzene rings is 1. The predicted molar refractivity (Wildman–Crippen MR) is 84.4 cm³/mol. The maximum Gasteiger partial charge on any atom is 0.224 e. The molecule has 0 saturated carbocycles. The lowest BCUT2D eigenvalue weighted by molar-refractivity contribution is -0.121. The van der Waals surface area contributed by atoms with E-state index in [9.17, 15) is 4.79 Å². The van der Waals surface area contributed by atoms with Gasteiger partial charge in [0.2, 0.25) is 5.91 Å². The third-order valence-electron chi connectivity index (χ3n) is 3.52. The molecular formula is C17H28N2O. The van der Waals surface area contributed by atoms with Crippen molar-refractivity contribution >= 4 is 5.91 Å². The van der Waals surface area contributed by atoms with E-state index in [1.54, 1.807) is 0 Å². The van der Waals surface area contributed by atoms with Gasteiger partial charge in [-0.3, -0.25) is 4.79 Å². The Bertz CT molecular complexity index is 386. The molecule has 3 N–H and O–H groups in total. The van der Waals surface area contributed by atoms with Crippen molar-refractivity contribution < 1.29 is 4.79 Å². The van der Waals surface area contributed by atoms with Gasteiger partial charge in [-0.25, -0.2) is 0 Å². The Kier molecular flexibility index (Phi) is 7.97. The highest BCUT2D eigenvalue weighted by molar-refractivity contribution is 5.78. The van der Waals surface area contributed by atoms with E-state index in [-0.39, 0.29) is 11.9 Å². The van der Waals surface area contributed by atoms with E-state index in [4.69, 9.17) is 5.73 Å². The highest BCUT2D eigenvalue weighted by Gasteiger charge is 2.08. The van der Waals surface area contributed by atoms with Gasteiger partial charge in [-0.1, -0.05) is 56.9 Å². The summed E-state index contributed by atoms with van der Waals surface area (Å²) in [7, 11) is 0. The smallest absolute Gasteiger partial charge is 0.224 e. The summed E-state index contributed by atoms with van der Waals surface area (Å²) in [5.41, 5.74) is 7.69. The van der Waals surface area contributed by atoms with Gasteiger partial charge in [-0.2, -0.15) is 0 Å². The fourth-order valence-corrected chi connectivity index (χ4v) is 2.25. The van der Waals surface area contributed by atoms with E-state index in [0.717, 1.165) is 17.5 Å². The van der Waals surface area contributed by atoms with Crippen LogP contribution in [0, 0.1) is 0 Å². The summed E-state index contributed by atoms with van der Waals surface area (Å²) in [5, 5.41) is 3.07. The van der Waals surface area contributed by atoms with Crippen LogP contribution in [0.15, 0.2) is 24.3 Å².